The molecule has 0 spiro atoms. The van der Waals surface area contributed by atoms with Crippen molar-refractivity contribution in [2.24, 2.45) is 0 Å². The number of furan rings is 1. The van der Waals surface area contributed by atoms with E-state index in [1.165, 1.54) is 18.6 Å². The van der Waals surface area contributed by atoms with E-state index in [1.54, 1.807) is 6.08 Å². The van der Waals surface area contributed by atoms with Crippen LogP contribution in [0.15, 0.2) is 58.2 Å². The molecule has 2 heterocycles. The summed E-state index contributed by atoms with van der Waals surface area (Å²) in [7, 11) is 0. The van der Waals surface area contributed by atoms with Crippen LogP contribution in [0, 0.1) is 0 Å². The summed E-state index contributed by atoms with van der Waals surface area (Å²) in [6.45, 7) is 0.307. The second-order valence-corrected chi connectivity index (χ2v) is 6.01. The van der Waals surface area contributed by atoms with Crippen LogP contribution >= 0.6 is 11.8 Å². The zero-order valence-electron chi connectivity index (χ0n) is 12.6. The van der Waals surface area contributed by atoms with Gasteiger partial charge in [0.15, 0.2) is 0 Å². The molecule has 0 aliphatic carbocycles. The van der Waals surface area contributed by atoms with Gasteiger partial charge in [0.05, 0.1) is 16.7 Å². The molecule has 122 valence electrons. The molecule has 0 unspecified atom stereocenters. The van der Waals surface area contributed by atoms with Crippen molar-refractivity contribution < 1.29 is 18.8 Å². The minimum Gasteiger partial charge on any atom is -0.472 e. The van der Waals surface area contributed by atoms with Crippen molar-refractivity contribution in [3.63, 3.8) is 0 Å². The number of carbonyl (C=O) groups excluding carboxylic acids is 3. The Kier molecular flexibility index (Phi) is 4.81. The Bertz CT molecular complexity index is 784. The number of nitrogens with one attached hydrogen (secondary N) is 1. The molecule has 3 amide bonds. The molecule has 6 nitrogen and oxygen atoms in total. The molecule has 3 rings (SSSR count). The highest BCUT2D eigenvalue weighted by Gasteiger charge is 2.34. The van der Waals surface area contributed by atoms with E-state index in [4.69, 9.17) is 4.42 Å². The summed E-state index contributed by atoms with van der Waals surface area (Å²) in [5.74, 6) is -0.651. The maximum atomic E-state index is 12.3. The number of hydrogen-bond acceptors (Lipinski definition) is 5. The standard InChI is InChI=1S/C17H14N2O4S/c20-15(13-6-9-23-11-13)18-7-8-19-16(21)14(24-17(19)22)10-12-4-2-1-3-5-12/h1-6,9-11H,7-8H2,(H,18,20). The molecule has 1 saturated heterocycles. The highest BCUT2D eigenvalue weighted by atomic mass is 32.2. The van der Waals surface area contributed by atoms with E-state index >= 15 is 0 Å². The highest BCUT2D eigenvalue weighted by molar-refractivity contribution is 8.18. The maximum absolute atomic E-state index is 12.3. The lowest BCUT2D eigenvalue weighted by Crippen LogP contribution is -2.37. The van der Waals surface area contributed by atoms with Crippen LogP contribution in [0.3, 0.4) is 0 Å². The van der Waals surface area contributed by atoms with Gasteiger partial charge < -0.3 is 9.73 Å². The molecule has 2 aromatic rings. The third-order valence-electron chi connectivity index (χ3n) is 3.38. The molecule has 1 aromatic carbocycles. The summed E-state index contributed by atoms with van der Waals surface area (Å²) < 4.78 is 4.83. The fourth-order valence-corrected chi connectivity index (χ4v) is 3.04. The molecule has 0 bridgehead atoms. The average Bonchev–Trinajstić information content (AvgIpc) is 3.20. The van der Waals surface area contributed by atoms with E-state index in [-0.39, 0.29) is 30.1 Å². The SMILES string of the molecule is O=C(NCCN1C(=O)SC(=Cc2ccccc2)C1=O)c1ccoc1. The summed E-state index contributed by atoms with van der Waals surface area (Å²) in [6, 6.07) is 10.9. The Balaban J connectivity index is 1.59. The van der Waals surface area contributed by atoms with Gasteiger partial charge in [-0.2, -0.15) is 0 Å². The van der Waals surface area contributed by atoms with Crippen LogP contribution in [-0.2, 0) is 4.79 Å². The van der Waals surface area contributed by atoms with Gasteiger partial charge in [0.1, 0.15) is 6.26 Å². The van der Waals surface area contributed by atoms with Gasteiger partial charge in [-0.3, -0.25) is 19.3 Å². The van der Waals surface area contributed by atoms with Gasteiger partial charge in [-0.15, -0.1) is 0 Å². The third-order valence-corrected chi connectivity index (χ3v) is 4.28. The van der Waals surface area contributed by atoms with Crippen LogP contribution in [0.2, 0.25) is 0 Å². The van der Waals surface area contributed by atoms with Crippen LogP contribution in [0.25, 0.3) is 6.08 Å². The minimum atomic E-state index is -0.341. The first-order chi connectivity index (χ1) is 11.6. The lowest BCUT2D eigenvalue weighted by molar-refractivity contribution is -0.122. The Morgan fingerprint density at radius 2 is 2.00 bits per heavy atom. The van der Waals surface area contributed by atoms with Crippen LogP contribution in [0.1, 0.15) is 15.9 Å². The van der Waals surface area contributed by atoms with Gasteiger partial charge >= 0.3 is 0 Å². The van der Waals surface area contributed by atoms with Crippen LogP contribution in [0.4, 0.5) is 4.79 Å². The highest BCUT2D eigenvalue weighted by Crippen LogP contribution is 2.31. The van der Waals surface area contributed by atoms with Crippen LogP contribution in [0.5, 0.6) is 0 Å². The molecule has 0 atom stereocenters. The zero-order chi connectivity index (χ0) is 16.9. The lowest BCUT2D eigenvalue weighted by atomic mass is 10.2. The fraction of sp³-hybridized carbons (Fsp3) is 0.118. The predicted octanol–water partition coefficient (Wildman–Crippen LogP) is 2.75. The summed E-state index contributed by atoms with van der Waals surface area (Å²) in [4.78, 5) is 37.6. The number of carbonyl (C=O) groups is 3. The van der Waals surface area contributed by atoms with Gasteiger partial charge in [0, 0.05) is 13.1 Å². The Morgan fingerprint density at radius 3 is 2.71 bits per heavy atom. The zero-order valence-corrected chi connectivity index (χ0v) is 13.4. The Labute approximate surface area is 142 Å². The first-order valence-corrected chi connectivity index (χ1v) is 8.07. The molecule has 1 aromatic heterocycles. The van der Waals surface area contributed by atoms with E-state index < -0.39 is 0 Å². The quantitative estimate of drug-likeness (QED) is 0.845. The number of hydrogen-bond donors (Lipinski definition) is 1. The first-order valence-electron chi connectivity index (χ1n) is 7.26. The van der Waals surface area contributed by atoms with Gasteiger partial charge in [-0.1, -0.05) is 30.3 Å². The monoisotopic (exact) mass is 342 g/mol. The van der Waals surface area contributed by atoms with Crippen molar-refractivity contribution >= 4 is 34.9 Å². The van der Waals surface area contributed by atoms with E-state index in [9.17, 15) is 14.4 Å². The number of imide groups is 1. The van der Waals surface area contributed by atoms with Crippen molar-refractivity contribution in [1.29, 1.82) is 0 Å². The van der Waals surface area contributed by atoms with E-state index in [0.717, 1.165) is 22.2 Å². The average molecular weight is 342 g/mol. The molecular formula is C17H14N2O4S. The van der Waals surface area contributed by atoms with Crippen molar-refractivity contribution in [3.8, 4) is 0 Å². The second-order valence-electron chi connectivity index (χ2n) is 5.01. The van der Waals surface area contributed by atoms with Crippen molar-refractivity contribution in [2.75, 3.05) is 13.1 Å². The predicted molar refractivity (Wildman–Crippen MR) is 90.2 cm³/mol. The topological polar surface area (TPSA) is 79.6 Å². The van der Waals surface area contributed by atoms with Crippen LogP contribution in [-0.4, -0.2) is 35.0 Å². The number of rotatable bonds is 5. The molecule has 1 aliphatic heterocycles. The van der Waals surface area contributed by atoms with Gasteiger partial charge in [0.2, 0.25) is 0 Å². The number of thioether (sulfide) groups is 1. The van der Waals surface area contributed by atoms with Crippen molar-refractivity contribution in [1.82, 2.24) is 10.2 Å². The smallest absolute Gasteiger partial charge is 0.293 e. The third kappa shape index (κ3) is 3.57. The van der Waals surface area contributed by atoms with E-state index in [0.29, 0.717) is 10.5 Å². The Hall–Kier alpha value is -2.80. The lowest BCUT2D eigenvalue weighted by Gasteiger charge is -2.12. The van der Waals surface area contributed by atoms with E-state index in [2.05, 4.69) is 5.32 Å². The minimum absolute atomic E-state index is 0.125. The van der Waals surface area contributed by atoms with Crippen LogP contribution < -0.4 is 5.32 Å². The van der Waals surface area contributed by atoms with Gasteiger partial charge in [0.25, 0.3) is 17.1 Å². The summed E-state index contributed by atoms with van der Waals surface area (Å²) in [6.07, 6.45) is 4.42. The molecular weight excluding hydrogens is 328 g/mol. The molecule has 1 N–H and O–H groups in total. The van der Waals surface area contributed by atoms with Gasteiger partial charge in [-0.25, -0.2) is 0 Å². The van der Waals surface area contributed by atoms with E-state index in [1.807, 2.05) is 30.3 Å². The second kappa shape index (κ2) is 7.18. The molecule has 0 saturated carbocycles. The largest absolute Gasteiger partial charge is 0.472 e. The molecule has 24 heavy (non-hydrogen) atoms. The maximum Gasteiger partial charge on any atom is 0.293 e. The summed E-state index contributed by atoms with van der Waals surface area (Å²) in [5.41, 5.74) is 1.25. The Morgan fingerprint density at radius 1 is 1.21 bits per heavy atom. The molecule has 7 heteroatoms. The number of amides is 3. The van der Waals surface area contributed by atoms with Crippen molar-refractivity contribution in [3.05, 3.63) is 65.0 Å². The number of nitrogens with zero attached hydrogens (tertiary/aromatic N) is 1. The summed E-state index contributed by atoms with van der Waals surface area (Å²) >= 11 is 0.904. The summed E-state index contributed by atoms with van der Waals surface area (Å²) in [5, 5.41) is 2.31. The molecule has 1 aliphatic rings. The fourth-order valence-electron chi connectivity index (χ4n) is 2.17. The molecule has 0 radical (unpaired) electrons. The first kappa shape index (κ1) is 16.1. The van der Waals surface area contributed by atoms with Crippen molar-refractivity contribution in [2.45, 2.75) is 0 Å². The number of benzene rings is 1. The molecule has 1 fully saturated rings. The normalized spacial score (nSPS) is 16.0. The van der Waals surface area contributed by atoms with Gasteiger partial charge in [-0.05, 0) is 29.5 Å².